The number of carboxylic acids is 3. The standard InChI is InChI=1S/C19H21N3O3S.C6H8O7/c1-4-22-13-19(14(2)20-22)26(23,24)21-16-11-9-15(10-12-16)17-7-5-6-8-18(17)25-3;7-3(8)1-6(13,5(11)12)2-4(9)10/h5-13,21H,4H2,1-3H3;13H,1-2H2,(H,7,8)(H,9,10)(H,11,12). The van der Waals surface area contributed by atoms with Gasteiger partial charge in [0, 0.05) is 24.0 Å². The van der Waals surface area contributed by atoms with Crippen LogP contribution in [0, 0.1) is 6.92 Å². The fraction of sp³-hybridized carbons (Fsp3) is 0.280. The first-order chi connectivity index (χ1) is 18.2. The van der Waals surface area contributed by atoms with Gasteiger partial charge in [-0.1, -0.05) is 30.3 Å². The number of carbonyl (C=O) groups is 3. The second kappa shape index (κ2) is 12.9. The van der Waals surface area contributed by atoms with Gasteiger partial charge in [-0.2, -0.15) is 5.10 Å². The van der Waals surface area contributed by atoms with Gasteiger partial charge in [-0.05, 0) is 37.6 Å². The molecule has 0 radical (unpaired) electrons. The Bertz CT molecular complexity index is 1420. The molecular formula is C25H29N3O10S. The summed E-state index contributed by atoms with van der Waals surface area (Å²) in [4.78, 5) is 30.7. The fourth-order valence-electron chi connectivity index (χ4n) is 3.45. The van der Waals surface area contributed by atoms with Crippen LogP contribution in [0.3, 0.4) is 0 Å². The molecule has 0 aliphatic rings. The Morgan fingerprint density at radius 3 is 2.03 bits per heavy atom. The van der Waals surface area contributed by atoms with E-state index in [1.165, 1.54) is 0 Å². The second-order valence-electron chi connectivity index (χ2n) is 8.30. The number of rotatable bonds is 11. The number of aryl methyl sites for hydroxylation is 2. The van der Waals surface area contributed by atoms with Gasteiger partial charge in [0.05, 0.1) is 25.6 Å². The average Bonchev–Trinajstić information content (AvgIpc) is 3.25. The molecule has 0 aliphatic heterocycles. The highest BCUT2D eigenvalue weighted by atomic mass is 32.2. The van der Waals surface area contributed by atoms with E-state index in [-0.39, 0.29) is 4.90 Å². The monoisotopic (exact) mass is 563 g/mol. The molecule has 0 spiro atoms. The third kappa shape index (κ3) is 8.28. The van der Waals surface area contributed by atoms with Gasteiger partial charge in [0.2, 0.25) is 0 Å². The van der Waals surface area contributed by atoms with Crippen molar-refractivity contribution >= 4 is 33.6 Å². The Hall–Kier alpha value is -4.43. The van der Waals surface area contributed by atoms with Crippen LogP contribution in [0.2, 0.25) is 0 Å². The van der Waals surface area contributed by atoms with Crippen LogP contribution in [0.15, 0.2) is 59.6 Å². The summed E-state index contributed by atoms with van der Waals surface area (Å²) in [5.74, 6) is -4.25. The first-order valence-corrected chi connectivity index (χ1v) is 12.9. The molecule has 3 rings (SSSR count). The third-order valence-electron chi connectivity index (χ3n) is 5.36. The van der Waals surface area contributed by atoms with Crippen molar-refractivity contribution in [1.29, 1.82) is 0 Å². The van der Waals surface area contributed by atoms with E-state index in [1.807, 2.05) is 43.3 Å². The van der Waals surface area contributed by atoms with E-state index in [1.54, 1.807) is 37.0 Å². The molecule has 0 saturated carbocycles. The first-order valence-electron chi connectivity index (χ1n) is 11.4. The summed E-state index contributed by atoms with van der Waals surface area (Å²) >= 11 is 0. The molecule has 0 saturated heterocycles. The summed E-state index contributed by atoms with van der Waals surface area (Å²) in [7, 11) is -2.06. The zero-order valence-electron chi connectivity index (χ0n) is 21.4. The number of nitrogens with one attached hydrogen (secondary N) is 1. The summed E-state index contributed by atoms with van der Waals surface area (Å²) in [5, 5.41) is 38.0. The van der Waals surface area contributed by atoms with E-state index in [4.69, 9.17) is 25.2 Å². The van der Waals surface area contributed by atoms with E-state index in [0.29, 0.717) is 17.9 Å². The predicted octanol–water partition coefficient (Wildman–Crippen LogP) is 2.44. The minimum atomic E-state index is -3.68. The molecule has 0 aliphatic carbocycles. The van der Waals surface area contributed by atoms with Gasteiger partial charge >= 0.3 is 17.9 Å². The first kappa shape index (κ1) is 30.8. The molecule has 210 valence electrons. The molecule has 5 N–H and O–H groups in total. The Kier molecular flexibility index (Phi) is 10.2. The molecule has 0 atom stereocenters. The van der Waals surface area contributed by atoms with Crippen molar-refractivity contribution in [2.75, 3.05) is 11.8 Å². The number of hydrogen-bond donors (Lipinski definition) is 5. The van der Waals surface area contributed by atoms with Gasteiger partial charge in [-0.3, -0.25) is 19.0 Å². The SMILES string of the molecule is CCn1cc(S(=O)(=O)Nc2ccc(-c3ccccc3OC)cc2)c(C)n1.O=C(O)CC(O)(CC(=O)O)C(=O)O. The molecule has 13 nitrogen and oxygen atoms in total. The van der Waals surface area contributed by atoms with Crippen LogP contribution in [0.25, 0.3) is 11.1 Å². The molecule has 1 aromatic heterocycles. The number of hydrogen-bond acceptors (Lipinski definition) is 8. The normalized spacial score (nSPS) is 11.2. The molecule has 1 heterocycles. The number of aliphatic carboxylic acids is 3. The maximum absolute atomic E-state index is 12.6. The summed E-state index contributed by atoms with van der Waals surface area (Å²) in [6.07, 6.45) is -0.746. The molecule has 0 unspecified atom stereocenters. The van der Waals surface area contributed by atoms with Crippen molar-refractivity contribution in [3.05, 3.63) is 60.4 Å². The van der Waals surface area contributed by atoms with E-state index in [0.717, 1.165) is 16.9 Å². The highest BCUT2D eigenvalue weighted by molar-refractivity contribution is 7.92. The van der Waals surface area contributed by atoms with Crippen molar-refractivity contribution in [2.24, 2.45) is 0 Å². The van der Waals surface area contributed by atoms with Crippen LogP contribution in [-0.4, -0.2) is 69.2 Å². The van der Waals surface area contributed by atoms with Crippen LogP contribution >= 0.6 is 0 Å². The Morgan fingerprint density at radius 2 is 1.56 bits per heavy atom. The summed E-state index contributed by atoms with van der Waals surface area (Å²) in [6.45, 7) is 4.21. The minimum Gasteiger partial charge on any atom is -0.496 e. The highest BCUT2D eigenvalue weighted by Gasteiger charge is 2.40. The van der Waals surface area contributed by atoms with Crippen molar-refractivity contribution in [1.82, 2.24) is 9.78 Å². The highest BCUT2D eigenvalue weighted by Crippen LogP contribution is 2.30. The molecule has 2 aromatic carbocycles. The van der Waals surface area contributed by atoms with Crippen LogP contribution < -0.4 is 9.46 Å². The number of anilines is 1. The average molecular weight is 564 g/mol. The van der Waals surface area contributed by atoms with Gasteiger partial charge in [0.25, 0.3) is 10.0 Å². The predicted molar refractivity (Wildman–Crippen MR) is 139 cm³/mol. The Labute approximate surface area is 224 Å². The number of aliphatic hydroxyl groups is 1. The molecule has 0 amide bonds. The largest absolute Gasteiger partial charge is 0.496 e. The lowest BCUT2D eigenvalue weighted by atomic mass is 9.96. The zero-order chi connectivity index (χ0) is 29.4. The van der Waals surface area contributed by atoms with Crippen LogP contribution in [0.1, 0.15) is 25.5 Å². The van der Waals surface area contributed by atoms with E-state index in [2.05, 4.69) is 9.82 Å². The maximum atomic E-state index is 12.6. The number of nitrogens with zero attached hydrogens (tertiary/aromatic N) is 2. The molecule has 0 fully saturated rings. The lowest BCUT2D eigenvalue weighted by Gasteiger charge is -2.18. The lowest BCUT2D eigenvalue weighted by molar-refractivity contribution is -0.170. The van der Waals surface area contributed by atoms with Crippen molar-refractivity contribution in [3.8, 4) is 16.9 Å². The summed E-state index contributed by atoms with van der Waals surface area (Å²) in [6, 6.07) is 14.9. The summed E-state index contributed by atoms with van der Waals surface area (Å²) in [5.41, 5.74) is 0.125. The number of carboxylic acid groups (broad SMARTS) is 3. The van der Waals surface area contributed by atoms with Crippen molar-refractivity contribution in [3.63, 3.8) is 0 Å². The van der Waals surface area contributed by atoms with Crippen LogP contribution in [0.5, 0.6) is 5.75 Å². The van der Waals surface area contributed by atoms with E-state index in [9.17, 15) is 22.8 Å². The van der Waals surface area contributed by atoms with Crippen molar-refractivity contribution < 1.29 is 48.0 Å². The topological polar surface area (TPSA) is 205 Å². The second-order valence-corrected chi connectivity index (χ2v) is 9.95. The number of benzene rings is 2. The molecule has 39 heavy (non-hydrogen) atoms. The zero-order valence-corrected chi connectivity index (χ0v) is 22.2. The summed E-state index contributed by atoms with van der Waals surface area (Å²) < 4.78 is 34.8. The quantitative estimate of drug-likeness (QED) is 0.229. The Balaban J connectivity index is 0.000000349. The molecule has 14 heteroatoms. The van der Waals surface area contributed by atoms with Crippen molar-refractivity contribution in [2.45, 2.75) is 43.7 Å². The van der Waals surface area contributed by atoms with E-state index < -0.39 is 46.4 Å². The van der Waals surface area contributed by atoms with Gasteiger partial charge in [0.1, 0.15) is 10.6 Å². The molecule has 3 aromatic rings. The number of methoxy groups -OCH3 is 1. The van der Waals surface area contributed by atoms with Crippen LogP contribution in [-0.2, 0) is 31.0 Å². The van der Waals surface area contributed by atoms with Gasteiger partial charge in [-0.25, -0.2) is 13.2 Å². The number of para-hydroxylation sites is 1. The van der Waals surface area contributed by atoms with Crippen LogP contribution in [0.4, 0.5) is 5.69 Å². The smallest absolute Gasteiger partial charge is 0.336 e. The number of sulfonamides is 1. The third-order valence-corrected chi connectivity index (χ3v) is 6.84. The van der Waals surface area contributed by atoms with E-state index >= 15 is 0 Å². The maximum Gasteiger partial charge on any atom is 0.336 e. The van der Waals surface area contributed by atoms with Gasteiger partial charge in [-0.15, -0.1) is 0 Å². The van der Waals surface area contributed by atoms with Gasteiger partial charge < -0.3 is 25.2 Å². The number of aromatic nitrogens is 2. The Morgan fingerprint density at radius 1 is 1.00 bits per heavy atom. The lowest BCUT2D eigenvalue weighted by Crippen LogP contribution is -2.42. The fourth-order valence-corrected chi connectivity index (χ4v) is 4.70. The number of ether oxygens (including phenoxy) is 1. The minimum absolute atomic E-state index is 0.188. The molecular weight excluding hydrogens is 534 g/mol. The molecule has 0 bridgehead atoms. The van der Waals surface area contributed by atoms with Gasteiger partial charge in [0.15, 0.2) is 5.60 Å².